The van der Waals surface area contributed by atoms with Crippen LogP contribution in [0.2, 0.25) is 0 Å². The maximum Gasteiger partial charge on any atom is 0.0935 e. The maximum atomic E-state index is 5.13. The van der Waals surface area contributed by atoms with Crippen LogP contribution in [0.5, 0.6) is 0 Å². The van der Waals surface area contributed by atoms with Crippen LogP contribution in [0.3, 0.4) is 0 Å². The summed E-state index contributed by atoms with van der Waals surface area (Å²) in [6.07, 6.45) is 12.2. The van der Waals surface area contributed by atoms with Crippen molar-refractivity contribution in [2.24, 2.45) is 5.90 Å². The first-order chi connectivity index (χ1) is 8.88. The lowest BCUT2D eigenvalue weighted by Crippen LogP contribution is -2.00. The second-order valence-electron chi connectivity index (χ2n) is 4.62. The number of hydrogen-bond donors (Lipinski definition) is 1. The molecule has 0 unspecified atom stereocenters. The molecule has 0 fully saturated rings. The Morgan fingerprint density at radius 1 is 1.11 bits per heavy atom. The molecule has 0 atom stereocenters. The lowest BCUT2D eigenvalue weighted by molar-refractivity contribution is 0.124. The van der Waals surface area contributed by atoms with Gasteiger partial charge in [-0.25, -0.2) is 5.90 Å². The third kappa shape index (κ3) is 5.99. The summed E-state index contributed by atoms with van der Waals surface area (Å²) in [5.41, 5.74) is 2.35. The highest BCUT2D eigenvalue weighted by molar-refractivity contribution is 5.53. The molecule has 1 aromatic rings. The van der Waals surface area contributed by atoms with Gasteiger partial charge in [0.1, 0.15) is 0 Å². The first-order valence-electron chi connectivity index (χ1n) is 6.94. The maximum absolute atomic E-state index is 5.13. The fourth-order valence-electron chi connectivity index (χ4n) is 1.99. The van der Waals surface area contributed by atoms with Crippen LogP contribution in [0.15, 0.2) is 30.3 Å². The van der Waals surface area contributed by atoms with Gasteiger partial charge in [0.25, 0.3) is 0 Å². The van der Waals surface area contributed by atoms with Crippen molar-refractivity contribution in [2.75, 3.05) is 0 Å². The highest BCUT2D eigenvalue weighted by atomic mass is 16.6. The summed E-state index contributed by atoms with van der Waals surface area (Å²) >= 11 is 0. The van der Waals surface area contributed by atoms with Crippen LogP contribution in [0.4, 0.5) is 0 Å². The molecule has 0 bridgehead atoms. The average Bonchev–Trinajstić information content (AvgIpc) is 2.40. The molecule has 0 spiro atoms. The largest absolute Gasteiger partial charge is 0.300 e. The lowest BCUT2D eigenvalue weighted by atomic mass is 10.1. The highest BCUT2D eigenvalue weighted by Crippen LogP contribution is 2.13. The van der Waals surface area contributed by atoms with E-state index in [1.807, 2.05) is 18.2 Å². The number of rotatable bonds is 9. The molecule has 0 aliphatic carbocycles. The van der Waals surface area contributed by atoms with Crippen molar-refractivity contribution in [3.63, 3.8) is 0 Å². The normalized spacial score (nSPS) is 11.2. The summed E-state index contributed by atoms with van der Waals surface area (Å²) in [4.78, 5) is 4.71. The van der Waals surface area contributed by atoms with Gasteiger partial charge in [-0.3, -0.25) is 4.84 Å². The van der Waals surface area contributed by atoms with Gasteiger partial charge in [0.2, 0.25) is 0 Å². The van der Waals surface area contributed by atoms with Crippen LogP contribution in [0.25, 0.3) is 6.08 Å². The van der Waals surface area contributed by atoms with Crippen LogP contribution in [-0.4, -0.2) is 0 Å². The molecule has 1 aromatic carbocycles. The quantitative estimate of drug-likeness (QED) is 0.517. The van der Waals surface area contributed by atoms with Crippen LogP contribution >= 0.6 is 0 Å². The Morgan fingerprint density at radius 2 is 1.89 bits per heavy atom. The van der Waals surface area contributed by atoms with Crippen molar-refractivity contribution in [3.05, 3.63) is 41.5 Å². The summed E-state index contributed by atoms with van der Waals surface area (Å²) in [5, 5.41) is 0. The predicted octanol–water partition coefficient (Wildman–Crippen LogP) is 4.45. The van der Waals surface area contributed by atoms with E-state index in [0.29, 0.717) is 6.61 Å². The minimum atomic E-state index is 0.469. The molecule has 0 amide bonds. The Kier molecular flexibility index (Phi) is 8.19. The van der Waals surface area contributed by atoms with Crippen molar-refractivity contribution in [1.29, 1.82) is 0 Å². The van der Waals surface area contributed by atoms with Gasteiger partial charge in [-0.15, -0.1) is 0 Å². The summed E-state index contributed by atoms with van der Waals surface area (Å²) in [5.74, 6) is 5.13. The molecular weight excluding hydrogens is 222 g/mol. The standard InChI is InChI=1S/C16H25NO/c1-2-3-4-5-6-7-8-11-15-12-9-10-13-16(15)14-18-17/h8-13H,2-7,14,17H2,1H3. The molecular formula is C16H25NO. The predicted molar refractivity (Wildman–Crippen MR) is 77.8 cm³/mol. The second kappa shape index (κ2) is 9.86. The van der Waals surface area contributed by atoms with Crippen molar-refractivity contribution in [3.8, 4) is 0 Å². The van der Waals surface area contributed by atoms with Crippen LogP contribution < -0.4 is 5.90 Å². The molecule has 0 aromatic heterocycles. The van der Waals surface area contributed by atoms with E-state index in [1.54, 1.807) is 0 Å². The van der Waals surface area contributed by atoms with E-state index < -0.39 is 0 Å². The minimum absolute atomic E-state index is 0.469. The average molecular weight is 247 g/mol. The van der Waals surface area contributed by atoms with Gasteiger partial charge in [-0.1, -0.05) is 69.0 Å². The first kappa shape index (κ1) is 14.9. The molecule has 0 saturated carbocycles. The van der Waals surface area contributed by atoms with Crippen LogP contribution in [0.1, 0.15) is 56.6 Å². The molecule has 2 heteroatoms. The Balaban J connectivity index is 2.32. The van der Waals surface area contributed by atoms with E-state index in [9.17, 15) is 0 Å². The van der Waals surface area contributed by atoms with Gasteiger partial charge in [0.05, 0.1) is 6.61 Å². The zero-order valence-corrected chi connectivity index (χ0v) is 11.4. The van der Waals surface area contributed by atoms with Crippen molar-refractivity contribution >= 4 is 6.08 Å². The third-order valence-corrected chi connectivity index (χ3v) is 3.07. The number of nitrogens with two attached hydrogens (primary N) is 1. The highest BCUT2D eigenvalue weighted by Gasteiger charge is 1.97. The van der Waals surface area contributed by atoms with Crippen molar-refractivity contribution < 1.29 is 4.84 Å². The van der Waals surface area contributed by atoms with E-state index >= 15 is 0 Å². The van der Waals surface area contributed by atoms with Gasteiger partial charge in [0, 0.05) is 0 Å². The molecule has 18 heavy (non-hydrogen) atoms. The third-order valence-electron chi connectivity index (χ3n) is 3.07. The molecule has 100 valence electrons. The molecule has 0 aliphatic heterocycles. The molecule has 2 N–H and O–H groups in total. The fourth-order valence-corrected chi connectivity index (χ4v) is 1.99. The summed E-state index contributed by atoms with van der Waals surface area (Å²) in [7, 11) is 0. The van der Waals surface area contributed by atoms with Gasteiger partial charge in [0.15, 0.2) is 0 Å². The number of allylic oxidation sites excluding steroid dienone is 1. The number of unbranched alkanes of at least 4 members (excludes halogenated alkanes) is 5. The van der Waals surface area contributed by atoms with E-state index in [4.69, 9.17) is 10.7 Å². The monoisotopic (exact) mass is 247 g/mol. The lowest BCUT2D eigenvalue weighted by Gasteiger charge is -2.03. The van der Waals surface area contributed by atoms with Crippen LogP contribution in [0, 0.1) is 0 Å². The fraction of sp³-hybridized carbons (Fsp3) is 0.500. The van der Waals surface area contributed by atoms with Crippen LogP contribution in [-0.2, 0) is 11.4 Å². The van der Waals surface area contributed by atoms with E-state index in [-0.39, 0.29) is 0 Å². The SMILES string of the molecule is CCCCCCCC=Cc1ccccc1CON. The van der Waals surface area contributed by atoms with E-state index in [1.165, 1.54) is 37.7 Å². The zero-order chi connectivity index (χ0) is 13.1. The first-order valence-corrected chi connectivity index (χ1v) is 6.94. The molecule has 2 nitrogen and oxygen atoms in total. The Morgan fingerprint density at radius 3 is 2.67 bits per heavy atom. The van der Waals surface area contributed by atoms with Gasteiger partial charge >= 0.3 is 0 Å². The Bertz CT molecular complexity index is 347. The van der Waals surface area contributed by atoms with Gasteiger partial charge < -0.3 is 0 Å². The molecule has 0 radical (unpaired) electrons. The molecule has 1 rings (SSSR count). The number of hydrogen-bond acceptors (Lipinski definition) is 2. The van der Waals surface area contributed by atoms with Gasteiger partial charge in [-0.05, 0) is 24.0 Å². The summed E-state index contributed by atoms with van der Waals surface area (Å²) in [6, 6.07) is 8.20. The van der Waals surface area contributed by atoms with E-state index in [0.717, 1.165) is 12.0 Å². The second-order valence-corrected chi connectivity index (χ2v) is 4.62. The molecule has 0 heterocycles. The topological polar surface area (TPSA) is 35.2 Å². The van der Waals surface area contributed by atoms with Crippen molar-refractivity contribution in [1.82, 2.24) is 0 Å². The van der Waals surface area contributed by atoms with Gasteiger partial charge in [-0.2, -0.15) is 0 Å². The molecule has 0 saturated heterocycles. The summed E-state index contributed by atoms with van der Waals surface area (Å²) in [6.45, 7) is 2.72. The van der Waals surface area contributed by atoms with E-state index in [2.05, 4.69) is 25.1 Å². The zero-order valence-electron chi connectivity index (χ0n) is 11.4. The van der Waals surface area contributed by atoms with Crippen molar-refractivity contribution in [2.45, 2.75) is 52.1 Å². The molecule has 0 aliphatic rings. The summed E-state index contributed by atoms with van der Waals surface area (Å²) < 4.78 is 0. The minimum Gasteiger partial charge on any atom is -0.300 e. The smallest absolute Gasteiger partial charge is 0.0935 e. The number of benzene rings is 1. The Hall–Kier alpha value is -1.12. The Labute approximate surface area is 111 Å².